The van der Waals surface area contributed by atoms with Crippen LogP contribution in [0, 0.1) is 0 Å². The maximum absolute atomic E-state index is 12.5. The minimum absolute atomic E-state index is 0.143. The number of carbonyl (C=O) groups is 2. The van der Waals surface area contributed by atoms with E-state index in [1.807, 2.05) is 42.5 Å². The Balaban J connectivity index is 1.53. The number of unbranched alkanes of at least 4 members (excludes halogenated alkanes) is 1. The Morgan fingerprint density at radius 3 is 2.35 bits per heavy atom. The molecule has 0 saturated heterocycles. The zero-order valence-corrected chi connectivity index (χ0v) is 18.1. The number of carbonyl (C=O) groups excluding carboxylic acids is 2. The van der Waals surface area contributed by atoms with Crippen molar-refractivity contribution in [2.75, 3.05) is 18.5 Å². The molecule has 31 heavy (non-hydrogen) atoms. The summed E-state index contributed by atoms with van der Waals surface area (Å²) in [5.74, 6) is 0.363. The topological polar surface area (TPSA) is 74.6 Å². The van der Waals surface area contributed by atoms with Crippen molar-refractivity contribution < 1.29 is 14.0 Å². The van der Waals surface area contributed by atoms with Crippen molar-refractivity contribution in [3.05, 3.63) is 89.4 Å². The van der Waals surface area contributed by atoms with E-state index in [9.17, 15) is 9.59 Å². The van der Waals surface area contributed by atoms with Crippen LogP contribution in [0.2, 0.25) is 0 Å². The van der Waals surface area contributed by atoms with Crippen molar-refractivity contribution in [3.8, 4) is 0 Å². The lowest BCUT2D eigenvalue weighted by molar-refractivity contribution is 0.0943. The second-order valence-electron chi connectivity index (χ2n) is 7.47. The molecule has 1 aromatic heterocycles. The van der Waals surface area contributed by atoms with E-state index < -0.39 is 0 Å². The standard InChI is InChI=1S/C25H29N3O3/c1-3-4-14-28(2)22-12-10-20(11-13-22)24(29)26-17-19-7-5-8-21(16-19)25(30)27-18-23-9-6-15-31-23/h5-13,15-16H,3-4,14,17-18H2,1-2H3,(H,26,29)(H,27,30). The molecule has 0 aliphatic heterocycles. The van der Waals surface area contributed by atoms with Gasteiger partial charge in [0, 0.05) is 37.0 Å². The minimum atomic E-state index is -0.188. The van der Waals surface area contributed by atoms with E-state index >= 15 is 0 Å². The van der Waals surface area contributed by atoms with Crippen LogP contribution in [0.1, 0.15) is 51.8 Å². The van der Waals surface area contributed by atoms with Crippen LogP contribution >= 0.6 is 0 Å². The largest absolute Gasteiger partial charge is 0.467 e. The summed E-state index contributed by atoms with van der Waals surface area (Å²) in [6.45, 7) is 3.84. The lowest BCUT2D eigenvalue weighted by Gasteiger charge is -2.19. The fraction of sp³-hybridized carbons (Fsp3) is 0.280. The average Bonchev–Trinajstić information content (AvgIpc) is 3.33. The van der Waals surface area contributed by atoms with E-state index in [2.05, 4.69) is 29.5 Å². The Hall–Kier alpha value is -3.54. The Morgan fingerprint density at radius 1 is 0.903 bits per heavy atom. The molecule has 0 fully saturated rings. The van der Waals surface area contributed by atoms with Gasteiger partial charge >= 0.3 is 0 Å². The van der Waals surface area contributed by atoms with Crippen LogP contribution in [-0.2, 0) is 13.1 Å². The Bertz CT molecular complexity index is 982. The zero-order valence-electron chi connectivity index (χ0n) is 18.1. The Kier molecular flexibility index (Phi) is 7.87. The molecule has 0 bridgehead atoms. The SMILES string of the molecule is CCCCN(C)c1ccc(C(=O)NCc2cccc(C(=O)NCc3ccco3)c2)cc1. The van der Waals surface area contributed by atoms with E-state index in [1.54, 1.807) is 24.5 Å². The van der Waals surface area contributed by atoms with E-state index in [4.69, 9.17) is 4.42 Å². The van der Waals surface area contributed by atoms with Crippen LogP contribution in [0.4, 0.5) is 5.69 Å². The van der Waals surface area contributed by atoms with E-state index in [-0.39, 0.29) is 11.8 Å². The molecule has 6 nitrogen and oxygen atoms in total. The maximum Gasteiger partial charge on any atom is 0.251 e. The lowest BCUT2D eigenvalue weighted by Crippen LogP contribution is -2.24. The lowest BCUT2D eigenvalue weighted by atomic mass is 10.1. The molecular weight excluding hydrogens is 390 g/mol. The van der Waals surface area contributed by atoms with Gasteiger partial charge in [0.05, 0.1) is 12.8 Å². The quantitative estimate of drug-likeness (QED) is 0.512. The molecule has 1 heterocycles. The Morgan fingerprint density at radius 2 is 1.65 bits per heavy atom. The van der Waals surface area contributed by atoms with Crippen molar-refractivity contribution in [1.82, 2.24) is 10.6 Å². The number of nitrogens with zero attached hydrogens (tertiary/aromatic N) is 1. The van der Waals surface area contributed by atoms with Gasteiger partial charge in [0.2, 0.25) is 0 Å². The van der Waals surface area contributed by atoms with E-state index in [0.29, 0.717) is 30.0 Å². The van der Waals surface area contributed by atoms with E-state index in [0.717, 1.165) is 30.6 Å². The molecule has 6 heteroatoms. The first kappa shape index (κ1) is 22.2. The van der Waals surface area contributed by atoms with Gasteiger partial charge in [-0.1, -0.05) is 25.5 Å². The van der Waals surface area contributed by atoms with Gasteiger partial charge in [-0.2, -0.15) is 0 Å². The second-order valence-corrected chi connectivity index (χ2v) is 7.47. The normalized spacial score (nSPS) is 10.5. The molecule has 0 unspecified atom stereocenters. The molecule has 2 N–H and O–H groups in total. The zero-order chi connectivity index (χ0) is 22.1. The van der Waals surface area contributed by atoms with Gasteiger partial charge in [0.1, 0.15) is 5.76 Å². The highest BCUT2D eigenvalue weighted by atomic mass is 16.3. The number of benzene rings is 2. The Labute approximate surface area is 183 Å². The molecule has 3 rings (SSSR count). The second kappa shape index (κ2) is 11.0. The van der Waals surface area contributed by atoms with Gasteiger partial charge in [-0.25, -0.2) is 0 Å². The van der Waals surface area contributed by atoms with Crippen molar-refractivity contribution in [3.63, 3.8) is 0 Å². The first-order chi connectivity index (χ1) is 15.1. The molecule has 2 amide bonds. The highest BCUT2D eigenvalue weighted by Crippen LogP contribution is 2.15. The summed E-state index contributed by atoms with van der Waals surface area (Å²) in [6, 6.07) is 18.4. The van der Waals surface area contributed by atoms with Crippen LogP contribution in [0.5, 0.6) is 0 Å². The van der Waals surface area contributed by atoms with Crippen LogP contribution in [0.25, 0.3) is 0 Å². The number of rotatable bonds is 10. The van der Waals surface area contributed by atoms with E-state index in [1.165, 1.54) is 0 Å². The van der Waals surface area contributed by atoms with Crippen LogP contribution in [-0.4, -0.2) is 25.4 Å². The predicted molar refractivity (Wildman–Crippen MR) is 122 cm³/mol. The maximum atomic E-state index is 12.5. The molecule has 0 atom stereocenters. The van der Waals surface area contributed by atoms with Gasteiger partial charge in [0.25, 0.3) is 11.8 Å². The third kappa shape index (κ3) is 6.47. The van der Waals surface area contributed by atoms with Crippen molar-refractivity contribution in [2.45, 2.75) is 32.9 Å². The summed E-state index contributed by atoms with van der Waals surface area (Å²) >= 11 is 0. The van der Waals surface area contributed by atoms with Crippen molar-refractivity contribution in [2.24, 2.45) is 0 Å². The molecule has 162 valence electrons. The summed E-state index contributed by atoms with van der Waals surface area (Å²) in [7, 11) is 2.06. The number of hydrogen-bond acceptors (Lipinski definition) is 4. The third-order valence-corrected chi connectivity index (χ3v) is 5.06. The van der Waals surface area contributed by atoms with Gasteiger partial charge in [-0.15, -0.1) is 0 Å². The highest BCUT2D eigenvalue weighted by molar-refractivity contribution is 5.95. The number of amides is 2. The average molecular weight is 420 g/mol. The molecule has 2 aromatic carbocycles. The predicted octanol–water partition coefficient (Wildman–Crippen LogP) is 4.38. The molecule has 0 saturated carbocycles. The smallest absolute Gasteiger partial charge is 0.251 e. The summed E-state index contributed by atoms with van der Waals surface area (Å²) in [5.41, 5.74) is 3.10. The van der Waals surface area contributed by atoms with Crippen LogP contribution < -0.4 is 15.5 Å². The summed E-state index contributed by atoms with van der Waals surface area (Å²) in [4.78, 5) is 27.1. The number of furan rings is 1. The monoisotopic (exact) mass is 419 g/mol. The minimum Gasteiger partial charge on any atom is -0.467 e. The van der Waals surface area contributed by atoms with Crippen LogP contribution in [0.3, 0.4) is 0 Å². The molecule has 0 aliphatic rings. The fourth-order valence-electron chi connectivity index (χ4n) is 3.18. The van der Waals surface area contributed by atoms with Crippen LogP contribution in [0.15, 0.2) is 71.3 Å². The molecule has 0 spiro atoms. The van der Waals surface area contributed by atoms with Crippen molar-refractivity contribution in [1.29, 1.82) is 0 Å². The first-order valence-electron chi connectivity index (χ1n) is 10.6. The fourth-order valence-corrected chi connectivity index (χ4v) is 3.18. The first-order valence-corrected chi connectivity index (χ1v) is 10.6. The summed E-state index contributed by atoms with van der Waals surface area (Å²) in [5, 5.41) is 5.74. The van der Waals surface area contributed by atoms with Gasteiger partial charge in [-0.3, -0.25) is 9.59 Å². The number of hydrogen-bond donors (Lipinski definition) is 2. The number of nitrogens with one attached hydrogen (secondary N) is 2. The van der Waals surface area contributed by atoms with Crippen molar-refractivity contribution >= 4 is 17.5 Å². The van der Waals surface area contributed by atoms with Gasteiger partial charge < -0.3 is 20.0 Å². The summed E-state index contributed by atoms with van der Waals surface area (Å²) in [6.07, 6.45) is 3.86. The number of anilines is 1. The highest BCUT2D eigenvalue weighted by Gasteiger charge is 2.09. The van der Waals surface area contributed by atoms with Gasteiger partial charge in [-0.05, 0) is 60.5 Å². The molecule has 0 aliphatic carbocycles. The third-order valence-electron chi connectivity index (χ3n) is 5.06. The summed E-state index contributed by atoms with van der Waals surface area (Å²) < 4.78 is 5.22. The molecular formula is C25H29N3O3. The molecule has 3 aromatic rings. The molecule has 0 radical (unpaired) electrons. The van der Waals surface area contributed by atoms with Gasteiger partial charge in [0.15, 0.2) is 0 Å².